The molecule has 1 aromatic carbocycles. The summed E-state index contributed by atoms with van der Waals surface area (Å²) in [5.74, 6) is -2.33. The number of nitrogens with one attached hydrogen (secondary N) is 2. The van der Waals surface area contributed by atoms with E-state index >= 15 is 0 Å². The van der Waals surface area contributed by atoms with E-state index in [4.69, 9.17) is 16.7 Å². The van der Waals surface area contributed by atoms with Crippen molar-refractivity contribution in [1.29, 1.82) is 0 Å². The van der Waals surface area contributed by atoms with Crippen LogP contribution in [0.1, 0.15) is 24.8 Å². The zero-order valence-corrected chi connectivity index (χ0v) is 13.5. The van der Waals surface area contributed by atoms with Gasteiger partial charge in [-0.3, -0.25) is 14.4 Å². The highest BCUT2D eigenvalue weighted by Gasteiger charge is 2.33. The Hall–Kier alpha value is -2.08. The van der Waals surface area contributed by atoms with Crippen molar-refractivity contribution in [2.45, 2.75) is 26.2 Å². The molecule has 0 saturated heterocycles. The Morgan fingerprint density at radius 1 is 1.26 bits per heavy atom. The fourth-order valence-corrected chi connectivity index (χ4v) is 2.95. The highest BCUT2D eigenvalue weighted by molar-refractivity contribution is 6.33. The average molecular weight is 339 g/mol. The van der Waals surface area contributed by atoms with Crippen LogP contribution in [-0.2, 0) is 14.4 Å². The van der Waals surface area contributed by atoms with E-state index in [1.807, 2.05) is 13.0 Å². The van der Waals surface area contributed by atoms with Crippen LogP contribution in [0.3, 0.4) is 0 Å². The van der Waals surface area contributed by atoms with Gasteiger partial charge in [0.25, 0.3) is 0 Å². The van der Waals surface area contributed by atoms with E-state index in [1.54, 1.807) is 12.1 Å². The number of aryl methyl sites for hydroxylation is 1. The number of carboxylic acids is 1. The SMILES string of the molecule is Cc1ccc(NC(=O)CNC(=O)[C@@H]2CC[C@H](C(=O)O)C2)c(Cl)c1. The molecule has 1 fully saturated rings. The third-order valence-corrected chi connectivity index (χ3v) is 4.29. The summed E-state index contributed by atoms with van der Waals surface area (Å²) in [6.45, 7) is 1.72. The molecular formula is C16H19ClN2O4. The van der Waals surface area contributed by atoms with Crippen LogP contribution >= 0.6 is 11.6 Å². The molecule has 0 aliphatic heterocycles. The highest BCUT2D eigenvalue weighted by atomic mass is 35.5. The topological polar surface area (TPSA) is 95.5 Å². The number of halogens is 1. The molecule has 2 atom stereocenters. The second kappa shape index (κ2) is 7.46. The number of carbonyl (C=O) groups excluding carboxylic acids is 2. The Labute approximate surface area is 139 Å². The average Bonchev–Trinajstić information content (AvgIpc) is 2.98. The first-order valence-electron chi connectivity index (χ1n) is 7.43. The first-order chi connectivity index (χ1) is 10.9. The summed E-state index contributed by atoms with van der Waals surface area (Å²) in [5, 5.41) is 14.5. The maximum absolute atomic E-state index is 12.0. The van der Waals surface area contributed by atoms with Gasteiger partial charge in [0.1, 0.15) is 0 Å². The van der Waals surface area contributed by atoms with Crippen molar-refractivity contribution in [1.82, 2.24) is 5.32 Å². The zero-order chi connectivity index (χ0) is 17.0. The molecule has 6 nitrogen and oxygen atoms in total. The molecule has 1 aromatic rings. The second-order valence-corrected chi connectivity index (χ2v) is 6.20. The number of rotatable bonds is 5. The molecule has 7 heteroatoms. The van der Waals surface area contributed by atoms with Crippen LogP contribution in [0.2, 0.25) is 5.02 Å². The van der Waals surface area contributed by atoms with Crippen molar-refractivity contribution in [3.05, 3.63) is 28.8 Å². The number of aliphatic carboxylic acids is 1. The molecule has 1 aliphatic carbocycles. The Kier molecular flexibility index (Phi) is 5.60. The lowest BCUT2D eigenvalue weighted by Gasteiger charge is -2.12. The van der Waals surface area contributed by atoms with Gasteiger partial charge in [-0.2, -0.15) is 0 Å². The van der Waals surface area contributed by atoms with E-state index in [0.717, 1.165) is 5.56 Å². The number of hydrogen-bond acceptors (Lipinski definition) is 3. The lowest BCUT2D eigenvalue weighted by molar-refractivity contribution is -0.141. The van der Waals surface area contributed by atoms with Crippen molar-refractivity contribution in [3.63, 3.8) is 0 Å². The predicted octanol–water partition coefficient (Wildman–Crippen LogP) is 2.20. The normalized spacial score (nSPS) is 20.1. The molecule has 2 rings (SSSR count). The van der Waals surface area contributed by atoms with Gasteiger partial charge in [0, 0.05) is 5.92 Å². The number of benzene rings is 1. The third-order valence-electron chi connectivity index (χ3n) is 3.97. The molecule has 2 amide bonds. The molecule has 0 unspecified atom stereocenters. The van der Waals surface area contributed by atoms with Crippen molar-refractivity contribution in [2.24, 2.45) is 11.8 Å². The van der Waals surface area contributed by atoms with E-state index in [9.17, 15) is 14.4 Å². The number of carboxylic acid groups (broad SMARTS) is 1. The molecule has 0 spiro atoms. The Balaban J connectivity index is 1.80. The van der Waals surface area contributed by atoms with E-state index < -0.39 is 11.9 Å². The third kappa shape index (κ3) is 4.69. The fraction of sp³-hybridized carbons (Fsp3) is 0.438. The largest absolute Gasteiger partial charge is 0.481 e. The monoisotopic (exact) mass is 338 g/mol. The maximum atomic E-state index is 12.0. The summed E-state index contributed by atoms with van der Waals surface area (Å²) in [7, 11) is 0. The molecule has 23 heavy (non-hydrogen) atoms. The van der Waals surface area contributed by atoms with Crippen molar-refractivity contribution < 1.29 is 19.5 Å². The number of amides is 2. The van der Waals surface area contributed by atoms with Crippen LogP contribution in [-0.4, -0.2) is 29.4 Å². The molecule has 1 aliphatic rings. The molecule has 0 heterocycles. The molecule has 1 saturated carbocycles. The van der Waals surface area contributed by atoms with Crippen molar-refractivity contribution in [2.75, 3.05) is 11.9 Å². The highest BCUT2D eigenvalue weighted by Crippen LogP contribution is 2.31. The van der Waals surface area contributed by atoms with E-state index in [1.165, 1.54) is 0 Å². The molecule has 0 radical (unpaired) electrons. The standard InChI is InChI=1S/C16H19ClN2O4/c1-9-2-5-13(12(17)6-9)19-14(20)8-18-15(21)10-3-4-11(7-10)16(22)23/h2,5-6,10-11H,3-4,7-8H2,1H3,(H,18,21)(H,19,20)(H,22,23)/t10-,11+/m1/s1. The van der Waals surface area contributed by atoms with Gasteiger partial charge in [0.05, 0.1) is 23.2 Å². The van der Waals surface area contributed by atoms with Crippen LogP contribution in [0.15, 0.2) is 18.2 Å². The van der Waals surface area contributed by atoms with Crippen molar-refractivity contribution >= 4 is 35.1 Å². The smallest absolute Gasteiger partial charge is 0.306 e. The summed E-state index contributed by atoms with van der Waals surface area (Å²) in [6.07, 6.45) is 1.36. The Morgan fingerprint density at radius 2 is 1.96 bits per heavy atom. The molecule has 3 N–H and O–H groups in total. The van der Waals surface area contributed by atoms with Crippen LogP contribution in [0.25, 0.3) is 0 Å². The van der Waals surface area contributed by atoms with E-state index in [0.29, 0.717) is 30.0 Å². The van der Waals surface area contributed by atoms with Crippen molar-refractivity contribution in [3.8, 4) is 0 Å². The summed E-state index contributed by atoms with van der Waals surface area (Å²) in [4.78, 5) is 34.7. The summed E-state index contributed by atoms with van der Waals surface area (Å²) >= 11 is 6.03. The van der Waals surface area contributed by atoms with Gasteiger partial charge in [-0.1, -0.05) is 17.7 Å². The van der Waals surface area contributed by atoms with E-state index in [-0.39, 0.29) is 24.3 Å². The van der Waals surface area contributed by atoms with Gasteiger partial charge in [-0.15, -0.1) is 0 Å². The lowest BCUT2D eigenvalue weighted by Crippen LogP contribution is -2.36. The summed E-state index contributed by atoms with van der Waals surface area (Å²) in [5.41, 5.74) is 1.47. The maximum Gasteiger partial charge on any atom is 0.306 e. The molecule has 0 bridgehead atoms. The number of anilines is 1. The van der Waals surface area contributed by atoms with Crippen LogP contribution in [0.5, 0.6) is 0 Å². The summed E-state index contributed by atoms with van der Waals surface area (Å²) in [6, 6.07) is 5.26. The van der Waals surface area contributed by atoms with Crippen LogP contribution in [0.4, 0.5) is 5.69 Å². The Bertz CT molecular complexity index is 633. The van der Waals surface area contributed by atoms with Gasteiger partial charge in [-0.25, -0.2) is 0 Å². The minimum absolute atomic E-state index is 0.169. The van der Waals surface area contributed by atoms with Gasteiger partial charge in [0.15, 0.2) is 0 Å². The Morgan fingerprint density at radius 3 is 2.57 bits per heavy atom. The number of carbonyl (C=O) groups is 3. The van der Waals surface area contributed by atoms with Gasteiger partial charge in [0.2, 0.25) is 11.8 Å². The quantitative estimate of drug-likeness (QED) is 0.767. The van der Waals surface area contributed by atoms with Gasteiger partial charge >= 0.3 is 5.97 Å². The van der Waals surface area contributed by atoms with Gasteiger partial charge < -0.3 is 15.7 Å². The second-order valence-electron chi connectivity index (χ2n) is 5.79. The van der Waals surface area contributed by atoms with Crippen LogP contribution < -0.4 is 10.6 Å². The lowest BCUT2D eigenvalue weighted by atomic mass is 10.0. The van der Waals surface area contributed by atoms with Gasteiger partial charge in [-0.05, 0) is 43.9 Å². The fourth-order valence-electron chi connectivity index (χ4n) is 2.67. The zero-order valence-electron chi connectivity index (χ0n) is 12.8. The predicted molar refractivity (Wildman–Crippen MR) is 86.3 cm³/mol. The van der Waals surface area contributed by atoms with Crippen LogP contribution in [0, 0.1) is 18.8 Å². The first-order valence-corrected chi connectivity index (χ1v) is 7.81. The molecule has 124 valence electrons. The van der Waals surface area contributed by atoms with E-state index in [2.05, 4.69) is 10.6 Å². The molecule has 0 aromatic heterocycles. The number of hydrogen-bond donors (Lipinski definition) is 3. The molecular weight excluding hydrogens is 320 g/mol. The minimum Gasteiger partial charge on any atom is -0.481 e. The minimum atomic E-state index is -0.868. The first kappa shape index (κ1) is 17.3. The summed E-state index contributed by atoms with van der Waals surface area (Å²) < 4.78 is 0.